The number of thiol groups is 1. The lowest BCUT2D eigenvalue weighted by Crippen LogP contribution is -2.33. The molecule has 0 amide bonds. The Morgan fingerprint density at radius 3 is 1.17 bits per heavy atom. The van der Waals surface area contributed by atoms with Gasteiger partial charge in [0, 0.05) is 42.4 Å². The fourth-order valence-electron chi connectivity index (χ4n) is 3.10. The third-order valence-corrected chi connectivity index (χ3v) is 6.84. The van der Waals surface area contributed by atoms with Gasteiger partial charge >= 0.3 is 41.8 Å². The van der Waals surface area contributed by atoms with Crippen molar-refractivity contribution in [2.24, 2.45) is 40.3 Å². The number of aromatic amines is 2. The number of hydrogen-bond donors (Lipinski definition) is 18. The van der Waals surface area contributed by atoms with E-state index in [-0.39, 0.29) is 24.6 Å². The van der Waals surface area contributed by atoms with E-state index in [0.29, 0.717) is 12.3 Å². The summed E-state index contributed by atoms with van der Waals surface area (Å²) in [5.74, 6) is -6.23. The molecule has 0 aliphatic carbocycles. The first-order chi connectivity index (χ1) is 27.2. The van der Waals surface area contributed by atoms with Crippen molar-refractivity contribution in [2.75, 3.05) is 18.9 Å². The van der Waals surface area contributed by atoms with Crippen molar-refractivity contribution >= 4 is 54.4 Å². The Labute approximate surface area is 344 Å². The minimum absolute atomic E-state index is 0.190. The maximum Gasteiger partial charge on any atom is 0.322 e. The number of H-pyrrole nitrogens is 2. The van der Waals surface area contributed by atoms with Crippen molar-refractivity contribution in [2.45, 2.75) is 95.2 Å². The highest BCUT2D eigenvalue weighted by molar-refractivity contribution is 7.80. The van der Waals surface area contributed by atoms with Gasteiger partial charge in [0.2, 0.25) is 0 Å². The van der Waals surface area contributed by atoms with Crippen LogP contribution in [-0.4, -0.2) is 164 Å². The number of aliphatic hydroxyl groups excluding tert-OH is 1. The van der Waals surface area contributed by atoms with Crippen molar-refractivity contribution in [3.8, 4) is 0 Å². The molecule has 0 aromatic carbocycles. The van der Waals surface area contributed by atoms with Gasteiger partial charge in [-0.3, -0.25) is 33.6 Å². The Morgan fingerprint density at radius 2 is 1.03 bits per heavy atom. The molecule has 23 N–H and O–H groups in total. The lowest BCUT2D eigenvalue weighted by molar-refractivity contribution is -0.140. The second-order valence-corrected chi connectivity index (χ2v) is 12.8. The molecular weight excluding hydrogens is 810 g/mol. The van der Waals surface area contributed by atoms with Crippen LogP contribution in [-0.2, 0) is 46.4 Å². The van der Waals surface area contributed by atoms with Crippen LogP contribution in [0.1, 0.15) is 51.4 Å². The predicted octanol–water partition coefficient (Wildman–Crippen LogP) is -3.87. The van der Waals surface area contributed by atoms with Gasteiger partial charge < -0.3 is 90.5 Å². The first-order valence-corrected chi connectivity index (χ1v) is 17.9. The van der Waals surface area contributed by atoms with E-state index in [0.717, 1.165) is 30.8 Å². The fourth-order valence-corrected chi connectivity index (χ4v) is 3.26. The molecule has 1 saturated heterocycles. The monoisotopic (exact) mass is 871 g/mol. The zero-order chi connectivity index (χ0) is 46.8. The van der Waals surface area contributed by atoms with Crippen LogP contribution in [0.2, 0.25) is 0 Å². The maximum absolute atomic E-state index is 10.3. The van der Waals surface area contributed by atoms with Crippen molar-refractivity contribution in [1.82, 2.24) is 25.3 Å². The summed E-state index contributed by atoms with van der Waals surface area (Å²) in [6, 6.07) is -5.33. The third kappa shape index (κ3) is 38.0. The molecule has 0 radical (unpaired) electrons. The summed E-state index contributed by atoms with van der Waals surface area (Å²) in [4.78, 5) is 82.8. The molecule has 1 aliphatic heterocycles. The summed E-state index contributed by atoms with van der Waals surface area (Å²) in [6.45, 7) is 5.67. The summed E-state index contributed by atoms with van der Waals surface area (Å²) in [7, 11) is 0. The normalized spacial score (nSPS) is 15.3. The van der Waals surface area contributed by atoms with E-state index in [1.165, 1.54) is 19.6 Å². The molecule has 2 aromatic heterocycles. The highest BCUT2D eigenvalue weighted by atomic mass is 32.1. The summed E-state index contributed by atoms with van der Waals surface area (Å²) >= 11 is 3.65. The van der Waals surface area contributed by atoms with Gasteiger partial charge in [-0.15, -0.1) is 0 Å². The minimum atomic E-state index is -1.18. The Balaban J connectivity index is -0.000000303. The van der Waals surface area contributed by atoms with Gasteiger partial charge in [-0.05, 0) is 38.6 Å². The predicted molar refractivity (Wildman–Crippen MR) is 213 cm³/mol. The van der Waals surface area contributed by atoms with E-state index in [1.54, 1.807) is 12.4 Å². The SMILES string of the molecule is CC(C)C[C@H](N)C(=O)O.C[C@H](N)C(=O)O.N[C@@H](CO)C(=O)O.N[C@@H](CS)C(=O)O.N[C@@H](Cc1cnc[nH]1)C(=O)O.N[C@@H](Cc1cnc[nH]1)C(=O)O.O=C(O)[C@@H]1CCCN1. The van der Waals surface area contributed by atoms with Crippen molar-refractivity contribution in [3.05, 3.63) is 36.4 Å². The lowest BCUT2D eigenvalue weighted by atomic mass is 10.1. The number of carboxylic acids is 7. The van der Waals surface area contributed by atoms with Crippen LogP contribution >= 0.6 is 12.6 Å². The van der Waals surface area contributed by atoms with Gasteiger partial charge in [0.1, 0.15) is 42.3 Å². The molecule has 1 aliphatic rings. The largest absolute Gasteiger partial charge is 0.480 e. The molecule has 0 saturated carbocycles. The molecule has 3 heterocycles. The number of nitrogens with zero attached hydrogens (tertiary/aromatic N) is 2. The number of aliphatic carboxylic acids is 7. The smallest absolute Gasteiger partial charge is 0.322 e. The zero-order valence-electron chi connectivity index (χ0n) is 32.8. The zero-order valence-corrected chi connectivity index (χ0v) is 33.7. The van der Waals surface area contributed by atoms with Gasteiger partial charge in [0.15, 0.2) is 0 Å². The number of aliphatic hydroxyl groups is 1. The number of nitrogens with one attached hydrogen (secondary N) is 3. The number of rotatable bonds is 15. The highest BCUT2D eigenvalue weighted by Crippen LogP contribution is 2.03. The lowest BCUT2D eigenvalue weighted by Gasteiger charge is -2.07. The third-order valence-electron chi connectivity index (χ3n) is 6.44. The van der Waals surface area contributed by atoms with Crippen LogP contribution in [0.3, 0.4) is 0 Å². The van der Waals surface area contributed by atoms with Crippen molar-refractivity contribution < 1.29 is 74.4 Å². The van der Waals surface area contributed by atoms with Crippen LogP contribution in [0, 0.1) is 5.92 Å². The maximum atomic E-state index is 10.3. The quantitative estimate of drug-likeness (QED) is 0.0761. The molecule has 0 spiro atoms. The first kappa shape index (κ1) is 60.4. The molecule has 7 atom stereocenters. The van der Waals surface area contributed by atoms with Crippen molar-refractivity contribution in [1.29, 1.82) is 0 Å². The Hall–Kier alpha value is -5.26. The molecular formula is C32H61N11O15S. The molecule has 3 rings (SSSR count). The molecule has 340 valence electrons. The molecule has 59 heavy (non-hydrogen) atoms. The van der Waals surface area contributed by atoms with Gasteiger partial charge in [0.25, 0.3) is 0 Å². The van der Waals surface area contributed by atoms with Gasteiger partial charge in [-0.25, -0.2) is 9.97 Å². The number of carboxylic acid groups (broad SMARTS) is 7. The number of carbonyl (C=O) groups is 7. The molecule has 2 aromatic rings. The van der Waals surface area contributed by atoms with Gasteiger partial charge in [-0.2, -0.15) is 12.6 Å². The van der Waals surface area contributed by atoms with E-state index >= 15 is 0 Å². The molecule has 0 bridgehead atoms. The average Bonchev–Trinajstić information content (AvgIpc) is 3.97. The molecule has 26 nitrogen and oxygen atoms in total. The van der Waals surface area contributed by atoms with Crippen LogP contribution in [0.25, 0.3) is 0 Å². The Bertz CT molecular complexity index is 1380. The fraction of sp³-hybridized carbons (Fsp3) is 0.594. The number of imidazole rings is 2. The molecule has 27 heteroatoms. The first-order valence-electron chi connectivity index (χ1n) is 17.3. The van der Waals surface area contributed by atoms with Crippen molar-refractivity contribution in [3.63, 3.8) is 0 Å². The summed E-state index contributed by atoms with van der Waals surface area (Å²) in [6.07, 6.45) is 9.01. The summed E-state index contributed by atoms with van der Waals surface area (Å²) in [5.41, 5.74) is 31.8. The van der Waals surface area contributed by atoms with E-state index in [1.807, 2.05) is 13.8 Å². The minimum Gasteiger partial charge on any atom is -0.480 e. The second kappa shape index (κ2) is 35.9. The van der Waals surface area contributed by atoms with Crippen LogP contribution in [0.4, 0.5) is 0 Å². The molecule has 0 unspecified atom stereocenters. The van der Waals surface area contributed by atoms with E-state index in [9.17, 15) is 33.6 Å². The standard InChI is InChI=1S/2C6H9N3O2.C6H13NO2.C5H9NO2.C3H7NO3.C3H7NO2S.C3H7NO2/c2*7-5(6(10)11)1-4-2-8-3-9-4;1-4(2)3-5(7)6(8)9;7-5(8)4-2-1-3-6-4;4-2(1-5)3(6)7;4-2(1-7)3(5)6;1-2(4)3(5)6/h2*2-3,5H,1,7H2,(H,8,9)(H,10,11);4-5H,3,7H2,1-2H3,(H,8,9);4,6H,1-3H2,(H,7,8);2,5H,1,4H2,(H,6,7);2,7H,1,4H2,(H,5,6);2H,4H2,1H3,(H,5,6)/t3*5-;4-;3*2-/m0000000/s1. The number of hydrogen-bond acceptors (Lipinski definition) is 18. The topological polar surface area (TPSA) is 507 Å². The average molecular weight is 872 g/mol. The van der Waals surface area contributed by atoms with E-state index in [2.05, 4.69) is 37.9 Å². The Morgan fingerprint density at radius 1 is 0.661 bits per heavy atom. The second-order valence-electron chi connectivity index (χ2n) is 12.4. The van der Waals surface area contributed by atoms with Crippen LogP contribution in [0.5, 0.6) is 0 Å². The van der Waals surface area contributed by atoms with Crippen LogP contribution < -0.4 is 39.7 Å². The molecule has 1 fully saturated rings. The summed E-state index contributed by atoms with van der Waals surface area (Å²) in [5, 5.41) is 68.1. The highest BCUT2D eigenvalue weighted by Gasteiger charge is 2.20. The summed E-state index contributed by atoms with van der Waals surface area (Å²) < 4.78 is 0. The number of aromatic nitrogens is 4. The van der Waals surface area contributed by atoms with Gasteiger partial charge in [-0.1, -0.05) is 13.8 Å². The number of nitrogens with two attached hydrogens (primary N) is 6. The van der Waals surface area contributed by atoms with Crippen LogP contribution in [0.15, 0.2) is 25.0 Å². The van der Waals surface area contributed by atoms with E-state index in [4.69, 9.17) is 75.3 Å². The Kier molecular flexibility index (Phi) is 36.7. The van der Waals surface area contributed by atoms with E-state index < -0.39 is 84.6 Å². The van der Waals surface area contributed by atoms with Gasteiger partial charge in [0.05, 0.1) is 19.3 Å².